The van der Waals surface area contributed by atoms with Crippen molar-refractivity contribution < 1.29 is 4.42 Å². The Morgan fingerprint density at radius 3 is 1.62 bits per heavy atom. The number of rotatable bonds is 4. The Labute approximate surface area is 324 Å². The van der Waals surface area contributed by atoms with E-state index >= 15 is 0 Å². The molecule has 0 atom stereocenters. The van der Waals surface area contributed by atoms with Crippen molar-refractivity contribution >= 4 is 33.6 Å². The molecule has 0 amide bonds. The van der Waals surface area contributed by atoms with Gasteiger partial charge in [-0.2, -0.15) is 0 Å². The number of aliphatic imine (C=N–C) groups is 2. The van der Waals surface area contributed by atoms with Crippen molar-refractivity contribution in [1.82, 2.24) is 5.32 Å². The molecule has 9 aromatic rings. The van der Waals surface area contributed by atoms with Crippen molar-refractivity contribution in [2.45, 2.75) is 11.6 Å². The number of furan rings is 1. The molecule has 4 nitrogen and oxygen atoms in total. The van der Waals surface area contributed by atoms with Gasteiger partial charge >= 0.3 is 0 Å². The number of benzene rings is 8. The van der Waals surface area contributed by atoms with Crippen LogP contribution in [0.3, 0.4) is 0 Å². The summed E-state index contributed by atoms with van der Waals surface area (Å²) in [5.74, 6) is 1.58. The van der Waals surface area contributed by atoms with Gasteiger partial charge in [0.25, 0.3) is 0 Å². The molecule has 2 heterocycles. The average molecular weight is 716 g/mol. The lowest BCUT2D eigenvalue weighted by Gasteiger charge is -2.30. The largest absolute Gasteiger partial charge is 0.456 e. The first-order valence-corrected chi connectivity index (χ1v) is 19.2. The van der Waals surface area contributed by atoms with E-state index in [4.69, 9.17) is 14.4 Å². The van der Waals surface area contributed by atoms with E-state index < -0.39 is 11.6 Å². The molecule has 0 saturated carbocycles. The van der Waals surface area contributed by atoms with Crippen molar-refractivity contribution in [3.63, 3.8) is 0 Å². The normalized spacial score (nSPS) is 14.9. The summed E-state index contributed by atoms with van der Waals surface area (Å²) < 4.78 is 6.59. The van der Waals surface area contributed by atoms with E-state index in [9.17, 15) is 0 Å². The molecule has 1 aliphatic heterocycles. The van der Waals surface area contributed by atoms with E-state index in [1.165, 1.54) is 50.1 Å². The highest BCUT2D eigenvalue weighted by Gasteiger charge is 2.51. The van der Waals surface area contributed by atoms with Crippen LogP contribution in [-0.2, 0) is 5.41 Å². The average Bonchev–Trinajstić information content (AvgIpc) is 3.91. The van der Waals surface area contributed by atoms with Gasteiger partial charge in [0.05, 0.1) is 5.41 Å². The monoisotopic (exact) mass is 715 g/mol. The van der Waals surface area contributed by atoms with Gasteiger partial charge in [-0.15, -0.1) is 0 Å². The standard InChI is InChI=1S/C52H33N3O/c1-3-15-32(16-4-1)49-53-50(33-17-5-2-6-18-33)55-51(54-49)39-23-14-28-46-48(39)40-31-34(29-30-45(40)56-46)35-22-13-27-44-47(35)38-21-9-12-26-43(38)52(44)41-24-10-7-19-36(41)37-20-8-11-25-42(37)52/h1-31,51H,(H,53,54,55). The molecular weight excluding hydrogens is 683 g/mol. The first kappa shape index (κ1) is 31.1. The first-order valence-electron chi connectivity index (χ1n) is 19.2. The summed E-state index contributed by atoms with van der Waals surface area (Å²) >= 11 is 0. The summed E-state index contributed by atoms with van der Waals surface area (Å²) in [5.41, 5.74) is 17.2. The fourth-order valence-corrected chi connectivity index (χ4v) is 9.70. The molecule has 1 aromatic heterocycles. The summed E-state index contributed by atoms with van der Waals surface area (Å²) in [4.78, 5) is 10.5. The van der Waals surface area contributed by atoms with E-state index in [2.05, 4.69) is 157 Å². The molecule has 2 aliphatic carbocycles. The quantitative estimate of drug-likeness (QED) is 0.197. The third-order valence-corrected chi connectivity index (χ3v) is 12.0. The van der Waals surface area contributed by atoms with Gasteiger partial charge in [0.1, 0.15) is 22.8 Å². The molecule has 3 aliphatic rings. The number of nitrogens with one attached hydrogen (secondary N) is 1. The highest BCUT2D eigenvalue weighted by molar-refractivity contribution is 6.16. The molecule has 1 spiro atoms. The summed E-state index contributed by atoms with van der Waals surface area (Å²) in [5, 5.41) is 5.62. The van der Waals surface area contributed by atoms with Crippen LogP contribution in [0, 0.1) is 0 Å². The van der Waals surface area contributed by atoms with Crippen molar-refractivity contribution in [1.29, 1.82) is 0 Å². The number of nitrogens with zero attached hydrogens (tertiary/aromatic N) is 2. The molecule has 1 N–H and O–H groups in total. The second-order valence-electron chi connectivity index (χ2n) is 14.8. The van der Waals surface area contributed by atoms with Crippen LogP contribution in [0.4, 0.5) is 0 Å². The molecule has 0 bridgehead atoms. The Morgan fingerprint density at radius 1 is 0.429 bits per heavy atom. The Bertz CT molecular complexity index is 3020. The summed E-state index contributed by atoms with van der Waals surface area (Å²) in [6, 6.07) is 67.3. The summed E-state index contributed by atoms with van der Waals surface area (Å²) in [6.07, 6.45) is -0.481. The maximum Gasteiger partial charge on any atom is 0.170 e. The van der Waals surface area contributed by atoms with Gasteiger partial charge in [-0.1, -0.05) is 170 Å². The van der Waals surface area contributed by atoms with E-state index in [1.54, 1.807) is 0 Å². The third kappa shape index (κ3) is 4.29. The van der Waals surface area contributed by atoms with Crippen molar-refractivity contribution in [2.75, 3.05) is 0 Å². The van der Waals surface area contributed by atoms with Crippen molar-refractivity contribution in [3.05, 3.63) is 227 Å². The second kappa shape index (κ2) is 11.8. The van der Waals surface area contributed by atoms with Crippen LogP contribution >= 0.6 is 0 Å². The third-order valence-electron chi connectivity index (χ3n) is 12.0. The van der Waals surface area contributed by atoms with E-state index in [0.29, 0.717) is 0 Å². The predicted molar refractivity (Wildman–Crippen MR) is 227 cm³/mol. The topological polar surface area (TPSA) is 49.9 Å². The summed E-state index contributed by atoms with van der Waals surface area (Å²) in [7, 11) is 0. The van der Waals surface area contributed by atoms with Gasteiger partial charge in [0.15, 0.2) is 6.17 Å². The molecule has 8 aromatic carbocycles. The molecule has 56 heavy (non-hydrogen) atoms. The molecule has 0 fully saturated rings. The van der Waals surface area contributed by atoms with Crippen molar-refractivity contribution in [2.24, 2.45) is 9.98 Å². The van der Waals surface area contributed by atoms with E-state index in [-0.39, 0.29) is 0 Å². The highest BCUT2D eigenvalue weighted by atomic mass is 16.3. The molecule has 0 radical (unpaired) electrons. The fourth-order valence-electron chi connectivity index (χ4n) is 9.70. The van der Waals surface area contributed by atoms with Gasteiger partial charge in [0, 0.05) is 27.5 Å². The Balaban J connectivity index is 1.07. The van der Waals surface area contributed by atoms with Crippen molar-refractivity contribution in [3.8, 4) is 33.4 Å². The Hall–Kier alpha value is -7.30. The minimum absolute atomic E-state index is 0.396. The number of hydrogen-bond acceptors (Lipinski definition) is 4. The maximum absolute atomic E-state index is 6.59. The zero-order valence-electron chi connectivity index (χ0n) is 30.3. The van der Waals surface area contributed by atoms with Crippen LogP contribution in [-0.4, -0.2) is 11.7 Å². The highest BCUT2D eigenvalue weighted by Crippen LogP contribution is 2.64. The minimum Gasteiger partial charge on any atom is -0.456 e. The van der Waals surface area contributed by atoms with Gasteiger partial charge in [-0.25, -0.2) is 9.98 Å². The molecule has 4 heteroatoms. The van der Waals surface area contributed by atoms with Crippen LogP contribution in [0.25, 0.3) is 55.3 Å². The lowest BCUT2D eigenvalue weighted by Crippen LogP contribution is -2.36. The number of hydrogen-bond donors (Lipinski definition) is 1. The fraction of sp³-hybridized carbons (Fsp3) is 0.0385. The molecule has 0 saturated heterocycles. The SMILES string of the molecule is c1ccc(C2=NC(c3cccc4oc5ccc(-c6cccc7c6-c6ccccc6C76c7ccccc7-c7ccccc76)cc5c34)N=C(c3ccccc3)N2)cc1. The van der Waals surface area contributed by atoms with Crippen LogP contribution in [0.15, 0.2) is 202 Å². The maximum atomic E-state index is 6.59. The number of amidine groups is 2. The second-order valence-corrected chi connectivity index (χ2v) is 14.8. The summed E-state index contributed by atoms with van der Waals surface area (Å²) in [6.45, 7) is 0. The minimum atomic E-state index is -0.481. The van der Waals surface area contributed by atoms with Gasteiger partial charge < -0.3 is 9.73 Å². The zero-order chi connectivity index (χ0) is 36.8. The van der Waals surface area contributed by atoms with Gasteiger partial charge in [-0.3, -0.25) is 0 Å². The van der Waals surface area contributed by atoms with Crippen LogP contribution in [0.2, 0.25) is 0 Å². The lowest BCUT2D eigenvalue weighted by molar-refractivity contribution is 0.667. The van der Waals surface area contributed by atoms with Crippen LogP contribution in [0.5, 0.6) is 0 Å². The van der Waals surface area contributed by atoms with Gasteiger partial charge in [0.2, 0.25) is 0 Å². The smallest absolute Gasteiger partial charge is 0.170 e. The Morgan fingerprint density at radius 2 is 0.964 bits per heavy atom. The molecule has 12 rings (SSSR count). The van der Waals surface area contributed by atoms with Gasteiger partial charge in [-0.05, 0) is 73.8 Å². The van der Waals surface area contributed by atoms with E-state index in [1.807, 2.05) is 36.4 Å². The molecule has 262 valence electrons. The van der Waals surface area contributed by atoms with Crippen LogP contribution in [0.1, 0.15) is 45.1 Å². The predicted octanol–water partition coefficient (Wildman–Crippen LogP) is 12.1. The number of fused-ring (bicyclic) bond motifs is 13. The zero-order valence-corrected chi connectivity index (χ0v) is 30.3. The lowest BCUT2D eigenvalue weighted by atomic mass is 9.70. The molecule has 0 unspecified atom stereocenters. The Kier molecular flexibility index (Phi) is 6.58. The molecular formula is C52H33N3O. The van der Waals surface area contributed by atoms with Crippen LogP contribution < -0.4 is 5.32 Å². The first-order chi connectivity index (χ1) is 27.8. The van der Waals surface area contributed by atoms with E-state index in [0.717, 1.165) is 55.9 Å².